The minimum Gasteiger partial charge on any atom is -0.267 e. The molecule has 3 heterocycles. The van der Waals surface area contributed by atoms with Gasteiger partial charge in [-0.1, -0.05) is 41.4 Å². The van der Waals surface area contributed by atoms with Crippen molar-refractivity contribution in [3.8, 4) is 5.69 Å². The van der Waals surface area contributed by atoms with Crippen molar-refractivity contribution >= 4 is 23.8 Å². The molecule has 1 atom stereocenters. The van der Waals surface area contributed by atoms with E-state index in [-0.39, 0.29) is 6.04 Å². The summed E-state index contributed by atoms with van der Waals surface area (Å²) in [5.74, 6) is 0.743. The molecule has 3 aromatic heterocycles. The molecule has 1 aromatic carbocycles. The quantitative estimate of drug-likeness (QED) is 0.474. The van der Waals surface area contributed by atoms with Crippen LogP contribution in [0.2, 0.25) is 5.02 Å². The molecule has 7 nitrogen and oxygen atoms in total. The molecular weight excluding hydrogens is 406 g/mol. The summed E-state index contributed by atoms with van der Waals surface area (Å²) < 4.78 is 6.16. The Morgan fingerprint density at radius 3 is 2.55 bits per heavy atom. The van der Waals surface area contributed by atoms with E-state index in [9.17, 15) is 0 Å². The average molecular weight is 428 g/mol. The molecule has 0 aliphatic rings. The van der Waals surface area contributed by atoms with Crippen LogP contribution in [0.5, 0.6) is 0 Å². The Labute approximate surface area is 178 Å². The number of benzene rings is 1. The van der Waals surface area contributed by atoms with Crippen molar-refractivity contribution in [3.63, 3.8) is 0 Å². The summed E-state index contributed by atoms with van der Waals surface area (Å²) in [5.41, 5.74) is 4.97. The number of rotatable bonds is 5. The van der Waals surface area contributed by atoms with Gasteiger partial charge in [0.1, 0.15) is 6.04 Å². The van der Waals surface area contributed by atoms with E-state index >= 15 is 0 Å². The van der Waals surface area contributed by atoms with Gasteiger partial charge in [-0.05, 0) is 45.5 Å². The molecule has 0 saturated heterocycles. The molecule has 0 spiro atoms. The van der Waals surface area contributed by atoms with Gasteiger partial charge in [-0.15, -0.1) is 0 Å². The number of hydrogen-bond acceptors (Lipinski definition) is 4. The molecule has 0 aliphatic heterocycles. The van der Waals surface area contributed by atoms with Gasteiger partial charge in [0.05, 0.1) is 34.8 Å². The van der Waals surface area contributed by atoms with E-state index in [1.54, 1.807) is 6.20 Å². The standard InChI is InChI=1S/C20H22ClN7S/c1-12-5-7-16(8-6-12)10-26-11-17(9-22-26)27-19(23-24-20(27)29)15(4)28-14(3)18(21)13(2)25-28/h5-9,11,15H,10H2,1-4H3,(H,24,29)/t15-/m0/s1. The van der Waals surface area contributed by atoms with E-state index in [1.807, 2.05) is 40.9 Å². The van der Waals surface area contributed by atoms with Crippen molar-refractivity contribution in [2.75, 3.05) is 0 Å². The van der Waals surface area contributed by atoms with Crippen molar-refractivity contribution < 1.29 is 0 Å². The number of nitrogens with one attached hydrogen (secondary N) is 1. The van der Waals surface area contributed by atoms with E-state index in [0.717, 1.165) is 22.9 Å². The minimum atomic E-state index is -0.158. The summed E-state index contributed by atoms with van der Waals surface area (Å²) in [4.78, 5) is 0. The zero-order valence-electron chi connectivity index (χ0n) is 16.7. The van der Waals surface area contributed by atoms with Gasteiger partial charge < -0.3 is 0 Å². The second-order valence-electron chi connectivity index (χ2n) is 7.21. The third-order valence-electron chi connectivity index (χ3n) is 5.02. The van der Waals surface area contributed by atoms with Crippen molar-refractivity contribution in [1.29, 1.82) is 0 Å². The number of aromatic nitrogens is 7. The van der Waals surface area contributed by atoms with E-state index in [2.05, 4.69) is 51.6 Å². The normalized spacial score (nSPS) is 12.4. The SMILES string of the molecule is Cc1ccc(Cn2cc(-n3c([C@H](C)n4nc(C)c(Cl)c4C)n[nH]c3=S)cn2)cc1. The van der Waals surface area contributed by atoms with E-state index in [1.165, 1.54) is 11.1 Å². The van der Waals surface area contributed by atoms with Crippen LogP contribution in [0.3, 0.4) is 0 Å². The monoisotopic (exact) mass is 427 g/mol. The van der Waals surface area contributed by atoms with Crippen LogP contribution in [0, 0.1) is 25.5 Å². The Balaban J connectivity index is 1.67. The molecule has 0 bridgehead atoms. The molecular formula is C20H22ClN7S. The average Bonchev–Trinajstić information content (AvgIpc) is 3.38. The maximum absolute atomic E-state index is 6.33. The van der Waals surface area contributed by atoms with Gasteiger partial charge in [-0.3, -0.25) is 19.0 Å². The highest BCUT2D eigenvalue weighted by Crippen LogP contribution is 2.26. The van der Waals surface area contributed by atoms with Crippen LogP contribution in [0.4, 0.5) is 0 Å². The first-order valence-electron chi connectivity index (χ1n) is 9.32. The summed E-state index contributed by atoms with van der Waals surface area (Å²) in [6.07, 6.45) is 3.76. The Hall–Kier alpha value is -2.71. The fourth-order valence-corrected chi connectivity index (χ4v) is 3.77. The number of hydrogen-bond donors (Lipinski definition) is 1. The lowest BCUT2D eigenvalue weighted by atomic mass is 10.1. The smallest absolute Gasteiger partial charge is 0.200 e. The Morgan fingerprint density at radius 2 is 1.90 bits per heavy atom. The fraction of sp³-hybridized carbons (Fsp3) is 0.300. The number of aromatic amines is 1. The molecule has 4 aromatic rings. The first-order chi connectivity index (χ1) is 13.8. The zero-order chi connectivity index (χ0) is 20.7. The summed E-state index contributed by atoms with van der Waals surface area (Å²) in [5, 5.41) is 17.1. The van der Waals surface area contributed by atoms with Gasteiger partial charge in [0, 0.05) is 6.20 Å². The maximum Gasteiger partial charge on any atom is 0.200 e. The molecule has 150 valence electrons. The van der Waals surface area contributed by atoms with Gasteiger partial charge in [0.25, 0.3) is 0 Å². The van der Waals surface area contributed by atoms with Crippen molar-refractivity contribution in [2.24, 2.45) is 0 Å². The van der Waals surface area contributed by atoms with E-state index in [0.29, 0.717) is 16.3 Å². The Bertz CT molecular complexity index is 1210. The predicted molar refractivity (Wildman–Crippen MR) is 115 cm³/mol. The lowest BCUT2D eigenvalue weighted by Crippen LogP contribution is -2.15. The lowest BCUT2D eigenvalue weighted by molar-refractivity contribution is 0.513. The maximum atomic E-state index is 6.33. The van der Waals surface area contributed by atoms with Gasteiger partial charge in [-0.25, -0.2) is 0 Å². The molecule has 29 heavy (non-hydrogen) atoms. The second kappa shape index (κ2) is 7.61. The zero-order valence-corrected chi connectivity index (χ0v) is 18.3. The third-order valence-corrected chi connectivity index (χ3v) is 5.84. The Kier molecular flexibility index (Phi) is 5.14. The van der Waals surface area contributed by atoms with Crippen LogP contribution in [0.25, 0.3) is 5.69 Å². The summed E-state index contributed by atoms with van der Waals surface area (Å²) in [7, 11) is 0. The number of halogens is 1. The highest BCUT2D eigenvalue weighted by Gasteiger charge is 2.22. The van der Waals surface area contributed by atoms with E-state index < -0.39 is 0 Å². The molecule has 9 heteroatoms. The summed E-state index contributed by atoms with van der Waals surface area (Å²) >= 11 is 11.8. The minimum absolute atomic E-state index is 0.158. The Morgan fingerprint density at radius 1 is 1.17 bits per heavy atom. The fourth-order valence-electron chi connectivity index (χ4n) is 3.40. The van der Waals surface area contributed by atoms with Gasteiger partial charge in [0.15, 0.2) is 10.6 Å². The van der Waals surface area contributed by atoms with Crippen LogP contribution in [0.15, 0.2) is 36.7 Å². The summed E-state index contributed by atoms with van der Waals surface area (Å²) in [6, 6.07) is 8.27. The molecule has 0 aliphatic carbocycles. The van der Waals surface area contributed by atoms with Crippen LogP contribution in [-0.2, 0) is 6.54 Å². The van der Waals surface area contributed by atoms with Gasteiger partial charge in [0.2, 0.25) is 0 Å². The first kappa shape index (κ1) is 19.6. The first-order valence-corrected chi connectivity index (χ1v) is 10.1. The highest BCUT2D eigenvalue weighted by atomic mass is 35.5. The molecule has 1 N–H and O–H groups in total. The van der Waals surface area contributed by atoms with Crippen LogP contribution >= 0.6 is 23.8 Å². The molecule has 0 radical (unpaired) electrons. The largest absolute Gasteiger partial charge is 0.267 e. The molecule has 4 rings (SSSR count). The molecule has 0 saturated carbocycles. The molecule has 0 amide bonds. The van der Waals surface area contributed by atoms with Crippen molar-refractivity contribution in [3.05, 3.63) is 74.8 Å². The predicted octanol–water partition coefficient (Wildman–Crippen LogP) is 4.56. The van der Waals surface area contributed by atoms with Crippen LogP contribution < -0.4 is 0 Å². The molecule has 0 unspecified atom stereocenters. The topological polar surface area (TPSA) is 69.2 Å². The van der Waals surface area contributed by atoms with Gasteiger partial charge >= 0.3 is 0 Å². The third kappa shape index (κ3) is 3.65. The van der Waals surface area contributed by atoms with E-state index in [4.69, 9.17) is 23.8 Å². The lowest BCUT2D eigenvalue weighted by Gasteiger charge is -2.14. The van der Waals surface area contributed by atoms with Crippen LogP contribution in [0.1, 0.15) is 41.3 Å². The number of H-pyrrole nitrogens is 1. The van der Waals surface area contributed by atoms with Gasteiger partial charge in [-0.2, -0.15) is 15.3 Å². The summed E-state index contributed by atoms with van der Waals surface area (Å²) in [6.45, 7) is 8.63. The van der Waals surface area contributed by atoms with Crippen LogP contribution in [-0.4, -0.2) is 34.3 Å². The molecule has 0 fully saturated rings. The highest BCUT2D eigenvalue weighted by molar-refractivity contribution is 7.71. The second-order valence-corrected chi connectivity index (χ2v) is 7.97. The number of nitrogens with zero attached hydrogens (tertiary/aromatic N) is 6. The van der Waals surface area contributed by atoms with Crippen molar-refractivity contribution in [1.82, 2.24) is 34.3 Å². The number of aryl methyl sites for hydroxylation is 2. The van der Waals surface area contributed by atoms with Crippen molar-refractivity contribution in [2.45, 2.75) is 40.3 Å².